The van der Waals surface area contributed by atoms with Gasteiger partial charge in [0.15, 0.2) is 10.9 Å². The minimum absolute atomic E-state index is 0.290. The second-order valence-electron chi connectivity index (χ2n) is 9.27. The first-order valence-corrected chi connectivity index (χ1v) is 14.1. The molecule has 0 spiro atoms. The SMILES string of the molecule is CSc1nccc(COc2ccc(C(C)(C)c3cc(Cl)c(OCCCCCOCC(=O)O)c(C#N)c3)cc2)n1. The number of ether oxygens (including phenoxy) is 3. The molecule has 0 radical (unpaired) electrons. The number of hydrogen-bond acceptors (Lipinski definition) is 8. The molecule has 8 nitrogen and oxygen atoms in total. The van der Waals surface area contributed by atoms with Crippen LogP contribution in [0.25, 0.3) is 0 Å². The van der Waals surface area contributed by atoms with Gasteiger partial charge in [0.1, 0.15) is 25.0 Å². The van der Waals surface area contributed by atoms with Gasteiger partial charge in [-0.25, -0.2) is 14.8 Å². The van der Waals surface area contributed by atoms with Crippen LogP contribution >= 0.6 is 23.4 Å². The Kier molecular flexibility index (Phi) is 11.4. The number of unbranched alkanes of at least 4 members (excludes halogenated alkanes) is 2. The number of benzene rings is 2. The Morgan fingerprint density at radius 2 is 1.82 bits per heavy atom. The highest BCUT2D eigenvalue weighted by Crippen LogP contribution is 2.38. The Balaban J connectivity index is 1.61. The molecule has 206 valence electrons. The van der Waals surface area contributed by atoms with E-state index in [0.717, 1.165) is 41.8 Å². The number of thioether (sulfide) groups is 1. The number of aromatic nitrogens is 2. The van der Waals surface area contributed by atoms with Gasteiger partial charge in [-0.1, -0.05) is 49.3 Å². The summed E-state index contributed by atoms with van der Waals surface area (Å²) in [6.07, 6.45) is 5.92. The number of nitrogens with zero attached hydrogens (tertiary/aromatic N) is 3. The highest BCUT2D eigenvalue weighted by molar-refractivity contribution is 7.98. The van der Waals surface area contributed by atoms with Gasteiger partial charge < -0.3 is 19.3 Å². The maximum Gasteiger partial charge on any atom is 0.329 e. The molecule has 0 saturated heterocycles. The van der Waals surface area contributed by atoms with Crippen LogP contribution in [0.1, 0.15) is 55.5 Å². The Morgan fingerprint density at radius 3 is 2.51 bits per heavy atom. The van der Waals surface area contributed by atoms with Gasteiger partial charge in [-0.05, 0) is 67.0 Å². The van der Waals surface area contributed by atoms with E-state index in [1.165, 1.54) is 11.8 Å². The molecule has 10 heteroatoms. The maximum absolute atomic E-state index is 10.5. The van der Waals surface area contributed by atoms with Crippen LogP contribution in [0.5, 0.6) is 11.5 Å². The van der Waals surface area contributed by atoms with Crippen molar-refractivity contribution in [3.05, 3.63) is 76.1 Å². The first-order valence-electron chi connectivity index (χ1n) is 12.5. The number of rotatable bonds is 15. The van der Waals surface area contributed by atoms with Crippen LogP contribution < -0.4 is 9.47 Å². The molecule has 2 aromatic carbocycles. The molecule has 0 aliphatic carbocycles. The van der Waals surface area contributed by atoms with Crippen molar-refractivity contribution in [2.45, 2.75) is 50.3 Å². The van der Waals surface area contributed by atoms with E-state index in [9.17, 15) is 10.1 Å². The Bertz CT molecular complexity index is 1300. The molecule has 0 aliphatic rings. The summed E-state index contributed by atoms with van der Waals surface area (Å²) in [7, 11) is 0. The molecule has 0 saturated carbocycles. The van der Waals surface area contributed by atoms with Crippen LogP contribution in [0.4, 0.5) is 0 Å². The Morgan fingerprint density at radius 1 is 1.08 bits per heavy atom. The second-order valence-corrected chi connectivity index (χ2v) is 10.5. The Labute approximate surface area is 238 Å². The van der Waals surface area contributed by atoms with E-state index in [-0.39, 0.29) is 6.61 Å². The molecule has 0 unspecified atom stereocenters. The van der Waals surface area contributed by atoms with Gasteiger partial charge in [0.2, 0.25) is 0 Å². The predicted octanol–water partition coefficient (Wildman–Crippen LogP) is 6.28. The van der Waals surface area contributed by atoms with Crippen LogP contribution in [0, 0.1) is 11.3 Å². The average molecular weight is 570 g/mol. The van der Waals surface area contributed by atoms with Crippen LogP contribution in [0.15, 0.2) is 53.8 Å². The van der Waals surface area contributed by atoms with Gasteiger partial charge in [0.25, 0.3) is 0 Å². The lowest BCUT2D eigenvalue weighted by Crippen LogP contribution is -2.19. The molecule has 0 atom stereocenters. The number of hydrogen-bond donors (Lipinski definition) is 1. The van der Waals surface area contributed by atoms with Gasteiger partial charge in [0, 0.05) is 18.2 Å². The number of nitriles is 1. The van der Waals surface area contributed by atoms with E-state index in [4.69, 9.17) is 30.9 Å². The molecule has 1 heterocycles. The van der Waals surface area contributed by atoms with Gasteiger partial charge in [-0.15, -0.1) is 0 Å². The zero-order valence-electron chi connectivity index (χ0n) is 22.3. The van der Waals surface area contributed by atoms with Crippen LogP contribution in [0.3, 0.4) is 0 Å². The van der Waals surface area contributed by atoms with Crippen LogP contribution in [-0.4, -0.2) is 47.1 Å². The van der Waals surface area contributed by atoms with E-state index in [1.54, 1.807) is 6.20 Å². The minimum Gasteiger partial charge on any atom is -0.491 e. The lowest BCUT2D eigenvalue weighted by molar-refractivity contribution is -0.142. The van der Waals surface area contributed by atoms with Crippen molar-refractivity contribution < 1.29 is 24.1 Å². The fourth-order valence-electron chi connectivity index (χ4n) is 3.85. The number of carbonyl (C=O) groups is 1. The summed E-state index contributed by atoms with van der Waals surface area (Å²) in [5.41, 5.74) is 2.70. The highest BCUT2D eigenvalue weighted by atomic mass is 35.5. The molecule has 39 heavy (non-hydrogen) atoms. The van der Waals surface area contributed by atoms with E-state index in [1.807, 2.05) is 48.7 Å². The summed E-state index contributed by atoms with van der Waals surface area (Å²) in [6, 6.07) is 15.6. The summed E-state index contributed by atoms with van der Waals surface area (Å²) in [6.45, 7) is 4.99. The first-order chi connectivity index (χ1) is 18.7. The molecular formula is C29H32ClN3O5S. The largest absolute Gasteiger partial charge is 0.491 e. The molecular weight excluding hydrogens is 538 g/mol. The molecule has 1 aromatic heterocycles. The summed E-state index contributed by atoms with van der Waals surface area (Å²) in [5, 5.41) is 19.5. The first kappa shape index (κ1) is 30.2. The second kappa shape index (κ2) is 14.7. The van der Waals surface area contributed by atoms with Crippen LogP contribution in [-0.2, 0) is 21.6 Å². The molecule has 3 aromatic rings. The third-order valence-corrected chi connectivity index (χ3v) is 6.97. The third kappa shape index (κ3) is 8.85. The van der Waals surface area contributed by atoms with Gasteiger partial charge in [-0.2, -0.15) is 5.26 Å². The van der Waals surface area contributed by atoms with Gasteiger partial charge in [-0.3, -0.25) is 0 Å². The summed E-state index contributed by atoms with van der Waals surface area (Å²) < 4.78 is 16.8. The van der Waals surface area contributed by atoms with Crippen molar-refractivity contribution in [1.29, 1.82) is 5.26 Å². The van der Waals surface area contributed by atoms with Gasteiger partial charge >= 0.3 is 5.97 Å². The fraction of sp³-hybridized carbons (Fsp3) is 0.379. The number of aliphatic carboxylic acids is 1. The summed E-state index contributed by atoms with van der Waals surface area (Å²) >= 11 is 8.07. The number of halogens is 1. The van der Waals surface area contributed by atoms with Crippen molar-refractivity contribution in [2.75, 3.05) is 26.1 Å². The zero-order valence-corrected chi connectivity index (χ0v) is 23.8. The molecule has 0 fully saturated rings. The fourth-order valence-corrected chi connectivity index (χ4v) is 4.50. The van der Waals surface area contributed by atoms with Crippen LogP contribution in [0.2, 0.25) is 5.02 Å². The lowest BCUT2D eigenvalue weighted by atomic mass is 9.77. The molecule has 0 bridgehead atoms. The maximum atomic E-state index is 10.5. The van der Waals surface area contributed by atoms with E-state index in [0.29, 0.717) is 41.3 Å². The standard InChI is InChI=1S/C29H32ClN3O5S/c1-29(2,21-7-9-24(10-8-21)38-18-23-11-12-32-28(33-23)39-3)22-15-20(17-31)27(25(30)16-22)37-14-6-4-5-13-36-19-26(34)35/h7-12,15-16H,4-6,13-14,18-19H2,1-3H3,(H,34,35). The van der Waals surface area contributed by atoms with Gasteiger partial charge in [0.05, 0.1) is 22.9 Å². The zero-order chi connectivity index (χ0) is 28.3. The lowest BCUT2D eigenvalue weighted by Gasteiger charge is -2.27. The monoisotopic (exact) mass is 569 g/mol. The Hall–Kier alpha value is -3.32. The van der Waals surface area contributed by atoms with E-state index >= 15 is 0 Å². The molecule has 0 amide bonds. The predicted molar refractivity (Wildman–Crippen MR) is 151 cm³/mol. The molecule has 1 N–H and O–H groups in total. The number of carboxylic acids is 1. The smallest absolute Gasteiger partial charge is 0.329 e. The quantitative estimate of drug-likeness (QED) is 0.128. The summed E-state index contributed by atoms with van der Waals surface area (Å²) in [4.78, 5) is 19.1. The van der Waals surface area contributed by atoms with Crippen molar-refractivity contribution in [2.24, 2.45) is 0 Å². The van der Waals surface area contributed by atoms with E-state index in [2.05, 4.69) is 29.9 Å². The van der Waals surface area contributed by atoms with Crippen molar-refractivity contribution in [3.8, 4) is 17.6 Å². The molecule has 0 aliphatic heterocycles. The number of carboxylic acid groups (broad SMARTS) is 1. The summed E-state index contributed by atoms with van der Waals surface area (Å²) in [5.74, 6) is 0.125. The van der Waals surface area contributed by atoms with E-state index < -0.39 is 11.4 Å². The van der Waals surface area contributed by atoms with Crippen molar-refractivity contribution >= 4 is 29.3 Å². The van der Waals surface area contributed by atoms with Crippen molar-refractivity contribution in [3.63, 3.8) is 0 Å². The van der Waals surface area contributed by atoms with Crippen molar-refractivity contribution in [1.82, 2.24) is 9.97 Å². The highest BCUT2D eigenvalue weighted by Gasteiger charge is 2.26. The molecule has 3 rings (SSSR count). The third-order valence-electron chi connectivity index (χ3n) is 6.13. The normalized spacial score (nSPS) is 11.2. The topological polar surface area (TPSA) is 115 Å². The minimum atomic E-state index is -0.978. The average Bonchev–Trinajstić information content (AvgIpc) is 2.93.